The Labute approximate surface area is 174 Å². The predicted octanol–water partition coefficient (Wildman–Crippen LogP) is 5.00. The number of nitrogens with one attached hydrogen (secondary N) is 2. The quantitative estimate of drug-likeness (QED) is 0.456. The van der Waals surface area contributed by atoms with Crippen LogP contribution in [0.2, 0.25) is 0 Å². The second-order valence-corrected chi connectivity index (χ2v) is 8.06. The highest BCUT2D eigenvalue weighted by Crippen LogP contribution is 2.48. The lowest BCUT2D eigenvalue weighted by Gasteiger charge is -2.28. The van der Waals surface area contributed by atoms with Gasteiger partial charge in [-0.15, -0.1) is 6.58 Å². The van der Waals surface area contributed by atoms with Crippen molar-refractivity contribution in [2.24, 2.45) is 0 Å². The van der Waals surface area contributed by atoms with E-state index in [9.17, 15) is 9.59 Å². The van der Waals surface area contributed by atoms with Gasteiger partial charge in [0.25, 0.3) is 0 Å². The van der Waals surface area contributed by atoms with E-state index in [0.717, 1.165) is 61.9 Å². The number of carbonyl (C=O) groups excluding carboxylic acids is 2. The van der Waals surface area contributed by atoms with E-state index in [1.54, 1.807) is 6.08 Å². The SMILES string of the molecule is C=CCN1C(=O)C(CCC)(CCC)c2cc(NNC3=CCCCCC3=O)ccc21. The molecule has 5 heteroatoms. The van der Waals surface area contributed by atoms with Crippen molar-refractivity contribution in [1.82, 2.24) is 5.43 Å². The number of carbonyl (C=O) groups is 2. The number of benzene rings is 1. The standard InChI is InChI=1S/C24H33N3O2/c1-4-14-24(15-5-2)19-17-18(12-13-21(19)27(16-6-3)23(24)29)25-26-20-10-8-7-9-11-22(20)28/h6,10,12-13,17,25-26H,3-5,7-9,11,14-16H2,1-2H3. The van der Waals surface area contributed by atoms with Gasteiger partial charge in [-0.2, -0.15) is 0 Å². The van der Waals surface area contributed by atoms with Crippen LogP contribution in [0.5, 0.6) is 0 Å². The van der Waals surface area contributed by atoms with E-state index >= 15 is 0 Å². The van der Waals surface area contributed by atoms with Crippen molar-refractivity contribution >= 4 is 23.1 Å². The molecule has 5 nitrogen and oxygen atoms in total. The van der Waals surface area contributed by atoms with Crippen molar-refractivity contribution in [2.75, 3.05) is 16.9 Å². The van der Waals surface area contributed by atoms with Crippen molar-refractivity contribution in [2.45, 2.75) is 70.6 Å². The topological polar surface area (TPSA) is 61.4 Å². The van der Waals surface area contributed by atoms with Gasteiger partial charge in [-0.1, -0.05) is 38.8 Å². The van der Waals surface area contributed by atoms with Gasteiger partial charge in [-0.25, -0.2) is 0 Å². The summed E-state index contributed by atoms with van der Waals surface area (Å²) in [5.41, 5.74) is 9.40. The van der Waals surface area contributed by atoms with Gasteiger partial charge in [-0.3, -0.25) is 15.0 Å². The Kier molecular flexibility index (Phi) is 6.78. The number of hydrazine groups is 1. The van der Waals surface area contributed by atoms with E-state index in [1.807, 2.05) is 23.1 Å². The molecular weight excluding hydrogens is 362 g/mol. The Morgan fingerprint density at radius 2 is 1.90 bits per heavy atom. The van der Waals surface area contributed by atoms with Gasteiger partial charge in [0, 0.05) is 18.7 Å². The van der Waals surface area contributed by atoms with Crippen LogP contribution >= 0.6 is 0 Å². The molecule has 0 bridgehead atoms. The van der Waals surface area contributed by atoms with Crippen LogP contribution in [-0.4, -0.2) is 18.2 Å². The molecular formula is C24H33N3O2. The van der Waals surface area contributed by atoms with Crippen molar-refractivity contribution < 1.29 is 9.59 Å². The Morgan fingerprint density at radius 1 is 1.14 bits per heavy atom. The third-order valence-corrected chi connectivity index (χ3v) is 5.97. The molecule has 1 heterocycles. The van der Waals surface area contributed by atoms with E-state index in [-0.39, 0.29) is 11.7 Å². The van der Waals surface area contributed by atoms with E-state index in [1.165, 1.54) is 0 Å². The summed E-state index contributed by atoms with van der Waals surface area (Å²) in [7, 11) is 0. The lowest BCUT2D eigenvalue weighted by atomic mass is 9.74. The molecule has 0 fully saturated rings. The van der Waals surface area contributed by atoms with Crippen LogP contribution in [0.25, 0.3) is 0 Å². The van der Waals surface area contributed by atoms with Crippen LogP contribution in [-0.2, 0) is 15.0 Å². The first kappa shape index (κ1) is 21.2. The molecule has 1 amide bonds. The zero-order valence-electron chi connectivity index (χ0n) is 17.7. The normalized spacial score (nSPS) is 18.1. The van der Waals surface area contributed by atoms with Crippen LogP contribution < -0.4 is 15.8 Å². The maximum absolute atomic E-state index is 13.4. The number of amides is 1. The minimum Gasteiger partial charge on any atom is -0.308 e. The number of allylic oxidation sites excluding steroid dienone is 2. The largest absolute Gasteiger partial charge is 0.308 e. The molecule has 0 aromatic heterocycles. The number of hydrogen-bond acceptors (Lipinski definition) is 4. The molecule has 1 aromatic carbocycles. The third kappa shape index (κ3) is 4.09. The monoisotopic (exact) mass is 395 g/mol. The molecule has 2 N–H and O–H groups in total. The summed E-state index contributed by atoms with van der Waals surface area (Å²) < 4.78 is 0. The lowest BCUT2D eigenvalue weighted by molar-refractivity contribution is -0.123. The number of ketones is 1. The Morgan fingerprint density at radius 3 is 2.59 bits per heavy atom. The van der Waals surface area contributed by atoms with Gasteiger partial charge in [0.1, 0.15) is 0 Å². The molecule has 0 saturated carbocycles. The first-order valence-electron chi connectivity index (χ1n) is 10.9. The smallest absolute Gasteiger partial charge is 0.238 e. The highest BCUT2D eigenvalue weighted by molar-refractivity contribution is 6.08. The average molecular weight is 396 g/mol. The van der Waals surface area contributed by atoms with Gasteiger partial charge in [0.2, 0.25) is 5.91 Å². The van der Waals surface area contributed by atoms with Crippen molar-refractivity contribution in [3.63, 3.8) is 0 Å². The number of anilines is 2. The van der Waals surface area contributed by atoms with Gasteiger partial charge >= 0.3 is 0 Å². The second kappa shape index (κ2) is 9.29. The molecule has 1 aliphatic carbocycles. The molecule has 3 rings (SSSR count). The molecule has 29 heavy (non-hydrogen) atoms. The molecule has 2 aliphatic rings. The lowest BCUT2D eigenvalue weighted by Crippen LogP contribution is -2.40. The molecule has 0 atom stereocenters. The summed E-state index contributed by atoms with van der Waals surface area (Å²) in [5, 5.41) is 0. The molecule has 0 unspecified atom stereocenters. The molecule has 0 radical (unpaired) electrons. The molecule has 156 valence electrons. The molecule has 1 aliphatic heterocycles. The maximum Gasteiger partial charge on any atom is 0.238 e. The summed E-state index contributed by atoms with van der Waals surface area (Å²) in [6.07, 6.45) is 10.8. The first-order chi connectivity index (χ1) is 14.1. The fourth-order valence-corrected chi connectivity index (χ4v) is 4.67. The second-order valence-electron chi connectivity index (χ2n) is 8.06. The van der Waals surface area contributed by atoms with E-state index in [2.05, 4.69) is 37.3 Å². The van der Waals surface area contributed by atoms with Gasteiger partial charge in [-0.05, 0) is 55.9 Å². The van der Waals surface area contributed by atoms with Crippen LogP contribution in [0.1, 0.15) is 70.8 Å². The fourth-order valence-electron chi connectivity index (χ4n) is 4.67. The third-order valence-electron chi connectivity index (χ3n) is 5.97. The minimum atomic E-state index is -0.475. The maximum atomic E-state index is 13.4. The number of hydrogen-bond donors (Lipinski definition) is 2. The van der Waals surface area contributed by atoms with Crippen LogP contribution in [0.15, 0.2) is 42.6 Å². The van der Waals surface area contributed by atoms with Crippen molar-refractivity contribution in [3.8, 4) is 0 Å². The number of fused-ring (bicyclic) bond motifs is 1. The molecule has 0 saturated heterocycles. The Balaban J connectivity index is 1.91. The van der Waals surface area contributed by atoms with Gasteiger partial charge < -0.3 is 10.3 Å². The van der Waals surface area contributed by atoms with Crippen LogP contribution in [0.3, 0.4) is 0 Å². The van der Waals surface area contributed by atoms with E-state index in [4.69, 9.17) is 0 Å². The summed E-state index contributed by atoms with van der Waals surface area (Å²) in [6.45, 7) is 8.62. The Bertz CT molecular complexity index is 806. The summed E-state index contributed by atoms with van der Waals surface area (Å²) in [6, 6.07) is 6.05. The van der Waals surface area contributed by atoms with E-state index in [0.29, 0.717) is 18.7 Å². The minimum absolute atomic E-state index is 0.148. The fraction of sp³-hybridized carbons (Fsp3) is 0.500. The molecule has 1 aromatic rings. The zero-order valence-corrected chi connectivity index (χ0v) is 17.7. The molecule has 0 spiro atoms. The highest BCUT2D eigenvalue weighted by atomic mass is 16.2. The predicted molar refractivity (Wildman–Crippen MR) is 119 cm³/mol. The number of Topliss-reactive ketones (excluding diaryl/α,β-unsaturated/α-hetero) is 1. The first-order valence-corrected chi connectivity index (χ1v) is 10.9. The van der Waals surface area contributed by atoms with Crippen LogP contribution in [0, 0.1) is 0 Å². The van der Waals surface area contributed by atoms with Gasteiger partial charge in [0.05, 0.1) is 16.8 Å². The average Bonchev–Trinajstić information content (AvgIpc) is 2.84. The number of nitrogens with zero attached hydrogens (tertiary/aromatic N) is 1. The number of rotatable bonds is 9. The van der Waals surface area contributed by atoms with Crippen molar-refractivity contribution in [1.29, 1.82) is 0 Å². The van der Waals surface area contributed by atoms with Crippen LogP contribution in [0.4, 0.5) is 11.4 Å². The summed E-state index contributed by atoms with van der Waals surface area (Å²) >= 11 is 0. The van der Waals surface area contributed by atoms with E-state index < -0.39 is 5.41 Å². The summed E-state index contributed by atoms with van der Waals surface area (Å²) in [4.78, 5) is 27.5. The summed E-state index contributed by atoms with van der Waals surface area (Å²) in [5.74, 6) is 0.331. The zero-order chi connectivity index (χ0) is 20.9. The van der Waals surface area contributed by atoms with Crippen molar-refractivity contribution in [3.05, 3.63) is 48.2 Å². The highest BCUT2D eigenvalue weighted by Gasteiger charge is 2.49. The Hall–Kier alpha value is -2.56. The van der Waals surface area contributed by atoms with Gasteiger partial charge in [0.15, 0.2) is 5.78 Å².